The van der Waals surface area contributed by atoms with Gasteiger partial charge in [-0.3, -0.25) is 4.79 Å². The third-order valence-electron chi connectivity index (χ3n) is 4.29. The minimum Gasteiger partial charge on any atom is -0.497 e. The van der Waals surface area contributed by atoms with Crippen LogP contribution in [-0.4, -0.2) is 42.1 Å². The van der Waals surface area contributed by atoms with Gasteiger partial charge in [0.2, 0.25) is 5.88 Å². The largest absolute Gasteiger partial charge is 0.497 e. The van der Waals surface area contributed by atoms with Gasteiger partial charge in [-0.05, 0) is 30.3 Å². The molecule has 2 aromatic heterocycles. The van der Waals surface area contributed by atoms with Crippen LogP contribution in [0.2, 0.25) is 0 Å². The Bertz CT molecular complexity index is 891. The number of pyridine rings is 1. The predicted octanol–water partition coefficient (Wildman–Crippen LogP) is 3.13. The summed E-state index contributed by atoms with van der Waals surface area (Å²) >= 11 is 0. The molecule has 1 amide bonds. The van der Waals surface area contributed by atoms with E-state index >= 15 is 0 Å². The van der Waals surface area contributed by atoms with Crippen LogP contribution in [0.5, 0.6) is 11.6 Å². The number of rotatable bonds is 4. The second-order valence-corrected chi connectivity index (χ2v) is 5.96. The highest BCUT2D eigenvalue weighted by Gasteiger charge is 2.30. The quantitative estimate of drug-likeness (QED) is 0.731. The van der Waals surface area contributed by atoms with E-state index in [-0.39, 0.29) is 12.0 Å². The van der Waals surface area contributed by atoms with E-state index < -0.39 is 0 Å². The Morgan fingerprint density at radius 2 is 2.20 bits per heavy atom. The zero-order chi connectivity index (χ0) is 17.2. The summed E-state index contributed by atoms with van der Waals surface area (Å²) in [5, 5.41) is 0.850. The number of hydrogen-bond donors (Lipinski definition) is 0. The first-order valence-corrected chi connectivity index (χ1v) is 8.17. The number of amides is 1. The lowest BCUT2D eigenvalue weighted by molar-refractivity contribution is 0.0742. The summed E-state index contributed by atoms with van der Waals surface area (Å²) in [5.74, 6) is 1.53. The highest BCUT2D eigenvalue weighted by molar-refractivity contribution is 5.96. The van der Waals surface area contributed by atoms with Gasteiger partial charge in [0, 0.05) is 30.6 Å². The number of hydrogen-bond acceptors (Lipinski definition) is 5. The molecule has 1 atom stereocenters. The van der Waals surface area contributed by atoms with E-state index in [4.69, 9.17) is 13.9 Å². The van der Waals surface area contributed by atoms with Crippen molar-refractivity contribution < 1.29 is 18.7 Å². The lowest BCUT2D eigenvalue weighted by atomic mass is 10.2. The maximum Gasteiger partial charge on any atom is 0.289 e. The molecule has 0 aliphatic carbocycles. The van der Waals surface area contributed by atoms with Gasteiger partial charge in [0.05, 0.1) is 13.7 Å². The third kappa shape index (κ3) is 3.15. The summed E-state index contributed by atoms with van der Waals surface area (Å²) in [6.07, 6.45) is 2.41. The van der Waals surface area contributed by atoms with Crippen molar-refractivity contribution in [2.75, 3.05) is 20.2 Å². The minimum absolute atomic E-state index is 0.0525. The molecule has 1 aliphatic heterocycles. The summed E-state index contributed by atoms with van der Waals surface area (Å²) in [7, 11) is 1.61. The van der Waals surface area contributed by atoms with Crippen LogP contribution in [0.15, 0.2) is 53.1 Å². The van der Waals surface area contributed by atoms with E-state index in [0.29, 0.717) is 30.3 Å². The van der Waals surface area contributed by atoms with Crippen molar-refractivity contribution >= 4 is 16.9 Å². The van der Waals surface area contributed by atoms with Crippen molar-refractivity contribution in [2.24, 2.45) is 0 Å². The molecule has 6 nitrogen and oxygen atoms in total. The summed E-state index contributed by atoms with van der Waals surface area (Å²) in [4.78, 5) is 18.6. The average Bonchev–Trinajstić information content (AvgIpc) is 3.28. The molecule has 6 heteroatoms. The van der Waals surface area contributed by atoms with Crippen molar-refractivity contribution in [3.63, 3.8) is 0 Å². The number of benzene rings is 1. The van der Waals surface area contributed by atoms with E-state index in [9.17, 15) is 4.79 Å². The van der Waals surface area contributed by atoms with Crippen LogP contribution in [0, 0.1) is 0 Å². The number of furan rings is 1. The van der Waals surface area contributed by atoms with Crippen LogP contribution in [-0.2, 0) is 0 Å². The fourth-order valence-corrected chi connectivity index (χ4v) is 3.01. The fraction of sp³-hybridized carbons (Fsp3) is 0.263. The maximum absolute atomic E-state index is 12.7. The lowest BCUT2D eigenvalue weighted by Gasteiger charge is -2.15. The molecule has 0 radical (unpaired) electrons. The first-order chi connectivity index (χ1) is 12.2. The highest BCUT2D eigenvalue weighted by atomic mass is 16.5. The van der Waals surface area contributed by atoms with Crippen LogP contribution >= 0.6 is 0 Å². The van der Waals surface area contributed by atoms with Gasteiger partial charge in [0.1, 0.15) is 17.4 Å². The number of carbonyl (C=O) groups excluding carboxylic acids is 1. The third-order valence-corrected chi connectivity index (χ3v) is 4.29. The zero-order valence-electron chi connectivity index (χ0n) is 13.8. The Labute approximate surface area is 145 Å². The Hall–Kier alpha value is -3.02. The standard InChI is InChI=1S/C19H18N2O4/c1-23-14-5-6-16-13(10-14)11-17(25-16)19(22)21-9-7-15(12-21)24-18-4-2-3-8-20-18/h2-6,8,10-11,15H,7,9,12H2,1H3. The van der Waals surface area contributed by atoms with Crippen LogP contribution in [0.3, 0.4) is 0 Å². The van der Waals surface area contributed by atoms with Gasteiger partial charge in [0.15, 0.2) is 5.76 Å². The van der Waals surface area contributed by atoms with Crippen molar-refractivity contribution in [3.05, 3.63) is 54.4 Å². The average molecular weight is 338 g/mol. The summed E-state index contributed by atoms with van der Waals surface area (Å²) in [5.41, 5.74) is 0.671. The molecule has 1 aliphatic rings. The number of ether oxygens (including phenoxy) is 2. The van der Waals surface area contributed by atoms with Gasteiger partial charge in [-0.2, -0.15) is 0 Å². The number of aromatic nitrogens is 1. The van der Waals surface area contributed by atoms with Gasteiger partial charge in [0.25, 0.3) is 5.91 Å². The van der Waals surface area contributed by atoms with Crippen molar-refractivity contribution in [2.45, 2.75) is 12.5 Å². The molecular weight excluding hydrogens is 320 g/mol. The number of fused-ring (bicyclic) bond motifs is 1. The molecule has 25 heavy (non-hydrogen) atoms. The Morgan fingerprint density at radius 3 is 3.00 bits per heavy atom. The molecule has 0 spiro atoms. The summed E-state index contributed by atoms with van der Waals surface area (Å²) in [6.45, 7) is 1.16. The van der Waals surface area contributed by atoms with E-state index in [2.05, 4.69) is 4.98 Å². The first-order valence-electron chi connectivity index (χ1n) is 8.17. The van der Waals surface area contributed by atoms with Gasteiger partial charge >= 0.3 is 0 Å². The molecule has 1 unspecified atom stereocenters. The van der Waals surface area contributed by atoms with Gasteiger partial charge in [-0.25, -0.2) is 4.98 Å². The molecule has 1 aromatic carbocycles. The van der Waals surface area contributed by atoms with Gasteiger partial charge in [-0.1, -0.05) is 6.07 Å². The summed E-state index contributed by atoms with van der Waals surface area (Å²) < 4.78 is 16.7. The number of nitrogens with zero attached hydrogens (tertiary/aromatic N) is 2. The molecule has 1 fully saturated rings. The fourth-order valence-electron chi connectivity index (χ4n) is 3.01. The van der Waals surface area contributed by atoms with Crippen LogP contribution in [0.4, 0.5) is 0 Å². The van der Waals surface area contributed by atoms with Crippen molar-refractivity contribution in [1.82, 2.24) is 9.88 Å². The molecule has 0 bridgehead atoms. The van der Waals surface area contributed by atoms with Crippen molar-refractivity contribution in [1.29, 1.82) is 0 Å². The number of likely N-dealkylation sites (tertiary alicyclic amines) is 1. The SMILES string of the molecule is COc1ccc2oc(C(=O)N3CCC(Oc4ccccn4)C3)cc2c1. The van der Waals surface area contributed by atoms with Crippen LogP contribution < -0.4 is 9.47 Å². The molecular formula is C19H18N2O4. The monoisotopic (exact) mass is 338 g/mol. The normalized spacial score (nSPS) is 17.0. The second-order valence-electron chi connectivity index (χ2n) is 5.96. The maximum atomic E-state index is 12.7. The Kier molecular flexibility index (Phi) is 4.01. The summed E-state index contributed by atoms with van der Waals surface area (Å²) in [6, 6.07) is 12.8. The molecule has 1 saturated heterocycles. The van der Waals surface area contributed by atoms with E-state index in [1.165, 1.54) is 0 Å². The smallest absolute Gasteiger partial charge is 0.289 e. The Morgan fingerprint density at radius 1 is 1.28 bits per heavy atom. The van der Waals surface area contributed by atoms with E-state index in [0.717, 1.165) is 17.6 Å². The predicted molar refractivity (Wildman–Crippen MR) is 91.9 cm³/mol. The lowest BCUT2D eigenvalue weighted by Crippen LogP contribution is -2.30. The molecule has 128 valence electrons. The van der Waals surface area contributed by atoms with E-state index in [1.54, 1.807) is 24.3 Å². The topological polar surface area (TPSA) is 64.8 Å². The first kappa shape index (κ1) is 15.5. The molecule has 4 rings (SSSR count). The second kappa shape index (κ2) is 6.47. The minimum atomic E-state index is -0.123. The molecule has 0 N–H and O–H groups in total. The molecule has 3 aromatic rings. The Balaban J connectivity index is 1.46. The van der Waals surface area contributed by atoms with Crippen LogP contribution in [0.25, 0.3) is 11.0 Å². The molecule has 3 heterocycles. The highest BCUT2D eigenvalue weighted by Crippen LogP contribution is 2.26. The van der Waals surface area contributed by atoms with E-state index in [1.807, 2.05) is 36.4 Å². The van der Waals surface area contributed by atoms with Crippen molar-refractivity contribution in [3.8, 4) is 11.6 Å². The number of methoxy groups -OCH3 is 1. The van der Waals surface area contributed by atoms with Gasteiger partial charge < -0.3 is 18.8 Å². The zero-order valence-corrected chi connectivity index (χ0v) is 13.8. The van der Waals surface area contributed by atoms with Gasteiger partial charge in [-0.15, -0.1) is 0 Å². The number of carbonyl (C=O) groups is 1. The molecule has 0 saturated carbocycles. The van der Waals surface area contributed by atoms with Crippen LogP contribution in [0.1, 0.15) is 17.0 Å².